The molecule has 0 aliphatic carbocycles. The van der Waals surface area contributed by atoms with Crippen LogP contribution in [0.25, 0.3) is 0 Å². The average Bonchev–Trinajstić information content (AvgIpc) is 2.39. The summed E-state index contributed by atoms with van der Waals surface area (Å²) in [6.07, 6.45) is 2.42. The molecular weight excluding hydrogens is 234 g/mol. The normalized spacial score (nSPS) is 24.4. The molecule has 1 heterocycles. The number of likely N-dealkylation sites (N-methyl/N-ethyl adjacent to an activating group) is 2. The van der Waals surface area contributed by atoms with Gasteiger partial charge in [0.05, 0.1) is 5.54 Å². The number of anilines is 1. The van der Waals surface area contributed by atoms with Crippen LogP contribution in [0.5, 0.6) is 0 Å². The van der Waals surface area contributed by atoms with E-state index in [-0.39, 0.29) is 5.54 Å². The lowest BCUT2D eigenvalue weighted by Crippen LogP contribution is -2.62. The third-order valence-electron chi connectivity index (χ3n) is 4.33. The van der Waals surface area contributed by atoms with E-state index < -0.39 is 0 Å². The minimum atomic E-state index is 0.0928. The second kappa shape index (κ2) is 5.93. The number of benzene rings is 1. The van der Waals surface area contributed by atoms with Gasteiger partial charge in [-0.1, -0.05) is 12.1 Å². The molecule has 1 unspecified atom stereocenters. The topological polar surface area (TPSA) is 32.5 Å². The molecular formula is C16H27N3. The molecule has 0 aromatic heterocycles. The van der Waals surface area contributed by atoms with E-state index in [4.69, 9.17) is 5.73 Å². The Kier molecular flexibility index (Phi) is 4.48. The molecule has 1 aromatic rings. The fraction of sp³-hybridized carbons (Fsp3) is 0.625. The summed E-state index contributed by atoms with van der Waals surface area (Å²) in [5, 5.41) is 0. The van der Waals surface area contributed by atoms with E-state index in [1.54, 1.807) is 0 Å². The molecule has 1 atom stereocenters. The molecule has 0 saturated carbocycles. The van der Waals surface area contributed by atoms with Crippen LogP contribution in [0.4, 0.5) is 5.69 Å². The fourth-order valence-electron chi connectivity index (χ4n) is 3.42. The first kappa shape index (κ1) is 14.4. The summed E-state index contributed by atoms with van der Waals surface area (Å²) in [6, 6.07) is 8.78. The summed E-state index contributed by atoms with van der Waals surface area (Å²) in [5.74, 6) is 0. The number of nitrogens with zero attached hydrogens (tertiary/aromatic N) is 2. The number of hydrogen-bond donors (Lipinski definition) is 1. The minimum Gasteiger partial charge on any atom is -0.364 e. The zero-order valence-corrected chi connectivity index (χ0v) is 12.5. The van der Waals surface area contributed by atoms with Gasteiger partial charge in [0.15, 0.2) is 0 Å². The standard InChI is InChI=1S/C16H27N3/c1-4-19(15-8-5-7-14(2)11-15)16(12-17)9-6-10-18(3)13-16/h5,7-8,11H,4,6,9-10,12-13,17H2,1-3H3. The number of hydrogen-bond acceptors (Lipinski definition) is 3. The lowest BCUT2D eigenvalue weighted by Gasteiger charge is -2.49. The number of rotatable bonds is 4. The molecule has 19 heavy (non-hydrogen) atoms. The quantitative estimate of drug-likeness (QED) is 0.902. The highest BCUT2D eigenvalue weighted by Gasteiger charge is 2.38. The summed E-state index contributed by atoms with van der Waals surface area (Å²) < 4.78 is 0. The van der Waals surface area contributed by atoms with E-state index in [1.165, 1.54) is 30.6 Å². The Labute approximate surface area is 117 Å². The lowest BCUT2D eigenvalue weighted by molar-refractivity contribution is 0.175. The molecule has 0 amide bonds. The van der Waals surface area contributed by atoms with E-state index in [0.717, 1.165) is 19.6 Å². The summed E-state index contributed by atoms with van der Waals surface area (Å²) >= 11 is 0. The first-order valence-electron chi connectivity index (χ1n) is 7.34. The van der Waals surface area contributed by atoms with Crippen molar-refractivity contribution in [3.8, 4) is 0 Å². The summed E-state index contributed by atoms with van der Waals surface area (Å²) in [5.41, 5.74) is 8.90. The molecule has 106 valence electrons. The van der Waals surface area contributed by atoms with Gasteiger partial charge in [-0.05, 0) is 58.0 Å². The molecule has 0 spiro atoms. The number of aryl methyl sites for hydroxylation is 1. The van der Waals surface area contributed by atoms with Crippen LogP contribution >= 0.6 is 0 Å². The summed E-state index contributed by atoms with van der Waals surface area (Å²) in [6.45, 7) is 8.36. The van der Waals surface area contributed by atoms with Crippen LogP contribution in [-0.4, -0.2) is 43.7 Å². The highest BCUT2D eigenvalue weighted by Crippen LogP contribution is 2.31. The Bertz CT molecular complexity index is 418. The van der Waals surface area contributed by atoms with Crippen molar-refractivity contribution >= 4 is 5.69 Å². The Morgan fingerprint density at radius 2 is 2.21 bits per heavy atom. The van der Waals surface area contributed by atoms with Gasteiger partial charge in [-0.25, -0.2) is 0 Å². The predicted octanol–water partition coefficient (Wildman–Crippen LogP) is 2.24. The highest BCUT2D eigenvalue weighted by atomic mass is 15.3. The molecule has 1 fully saturated rings. The van der Waals surface area contributed by atoms with Crippen molar-refractivity contribution in [2.45, 2.75) is 32.2 Å². The molecule has 0 bridgehead atoms. The summed E-state index contributed by atoms with van der Waals surface area (Å²) in [4.78, 5) is 4.92. The van der Waals surface area contributed by atoms with Crippen molar-refractivity contribution in [3.63, 3.8) is 0 Å². The molecule has 3 heteroatoms. The zero-order valence-electron chi connectivity index (χ0n) is 12.5. The van der Waals surface area contributed by atoms with Gasteiger partial charge in [0.2, 0.25) is 0 Å². The highest BCUT2D eigenvalue weighted by molar-refractivity contribution is 5.51. The van der Waals surface area contributed by atoms with Gasteiger partial charge in [-0.15, -0.1) is 0 Å². The van der Waals surface area contributed by atoms with E-state index in [0.29, 0.717) is 0 Å². The van der Waals surface area contributed by atoms with Crippen molar-refractivity contribution < 1.29 is 0 Å². The molecule has 1 saturated heterocycles. The predicted molar refractivity (Wildman–Crippen MR) is 82.7 cm³/mol. The Morgan fingerprint density at radius 1 is 1.42 bits per heavy atom. The summed E-state index contributed by atoms with van der Waals surface area (Å²) in [7, 11) is 2.20. The Morgan fingerprint density at radius 3 is 2.79 bits per heavy atom. The van der Waals surface area contributed by atoms with Crippen molar-refractivity contribution in [2.24, 2.45) is 5.73 Å². The van der Waals surface area contributed by atoms with Crippen LogP contribution in [0.2, 0.25) is 0 Å². The Hall–Kier alpha value is -1.06. The number of nitrogens with two attached hydrogens (primary N) is 1. The molecule has 0 radical (unpaired) electrons. The average molecular weight is 261 g/mol. The minimum absolute atomic E-state index is 0.0928. The van der Waals surface area contributed by atoms with Gasteiger partial charge in [-0.3, -0.25) is 0 Å². The number of likely N-dealkylation sites (tertiary alicyclic amines) is 1. The van der Waals surface area contributed by atoms with Gasteiger partial charge in [0, 0.05) is 25.3 Å². The van der Waals surface area contributed by atoms with Crippen LogP contribution < -0.4 is 10.6 Å². The fourth-order valence-corrected chi connectivity index (χ4v) is 3.42. The van der Waals surface area contributed by atoms with Gasteiger partial charge in [-0.2, -0.15) is 0 Å². The van der Waals surface area contributed by atoms with Crippen LogP contribution in [0.3, 0.4) is 0 Å². The van der Waals surface area contributed by atoms with Crippen molar-refractivity contribution in [1.82, 2.24) is 4.90 Å². The first-order valence-corrected chi connectivity index (χ1v) is 7.34. The lowest BCUT2D eigenvalue weighted by atomic mass is 9.86. The second-order valence-electron chi connectivity index (χ2n) is 5.85. The van der Waals surface area contributed by atoms with Crippen LogP contribution in [-0.2, 0) is 0 Å². The van der Waals surface area contributed by atoms with Crippen molar-refractivity contribution in [2.75, 3.05) is 38.1 Å². The molecule has 2 N–H and O–H groups in total. The smallest absolute Gasteiger partial charge is 0.0650 e. The number of piperidine rings is 1. The van der Waals surface area contributed by atoms with Gasteiger partial charge < -0.3 is 15.5 Å². The van der Waals surface area contributed by atoms with Gasteiger partial charge in [0.25, 0.3) is 0 Å². The molecule has 1 aliphatic rings. The van der Waals surface area contributed by atoms with Crippen LogP contribution in [0, 0.1) is 6.92 Å². The van der Waals surface area contributed by atoms with Crippen LogP contribution in [0.15, 0.2) is 24.3 Å². The maximum absolute atomic E-state index is 6.18. The van der Waals surface area contributed by atoms with Crippen LogP contribution in [0.1, 0.15) is 25.3 Å². The molecule has 1 aromatic carbocycles. The molecule has 3 nitrogen and oxygen atoms in total. The third kappa shape index (κ3) is 2.93. The molecule has 2 rings (SSSR count). The SMILES string of the molecule is CCN(c1cccc(C)c1)C1(CN)CCCN(C)C1. The zero-order chi connectivity index (χ0) is 13.9. The van der Waals surface area contributed by atoms with E-state index >= 15 is 0 Å². The Balaban J connectivity index is 2.33. The molecule has 1 aliphatic heterocycles. The van der Waals surface area contributed by atoms with Gasteiger partial charge >= 0.3 is 0 Å². The second-order valence-corrected chi connectivity index (χ2v) is 5.85. The largest absolute Gasteiger partial charge is 0.364 e. The van der Waals surface area contributed by atoms with E-state index in [2.05, 4.69) is 55.0 Å². The van der Waals surface area contributed by atoms with Crippen molar-refractivity contribution in [1.29, 1.82) is 0 Å². The maximum atomic E-state index is 6.18. The van der Waals surface area contributed by atoms with Crippen molar-refractivity contribution in [3.05, 3.63) is 29.8 Å². The maximum Gasteiger partial charge on any atom is 0.0650 e. The van der Waals surface area contributed by atoms with E-state index in [9.17, 15) is 0 Å². The van der Waals surface area contributed by atoms with E-state index in [1.807, 2.05) is 0 Å². The van der Waals surface area contributed by atoms with Gasteiger partial charge in [0.1, 0.15) is 0 Å². The monoisotopic (exact) mass is 261 g/mol. The third-order valence-corrected chi connectivity index (χ3v) is 4.33. The first-order chi connectivity index (χ1) is 9.11.